The molecule has 0 bridgehead atoms. The first-order chi connectivity index (χ1) is 6.49. The van der Waals surface area contributed by atoms with Crippen LogP contribution in [0.1, 0.15) is 23.1 Å². The summed E-state index contributed by atoms with van der Waals surface area (Å²) in [4.78, 5) is 0. The van der Waals surface area contributed by atoms with E-state index in [0.29, 0.717) is 5.56 Å². The van der Waals surface area contributed by atoms with Gasteiger partial charge in [0.1, 0.15) is 6.10 Å². The van der Waals surface area contributed by atoms with Crippen molar-refractivity contribution in [2.45, 2.75) is 26.1 Å². The molecule has 0 saturated heterocycles. The van der Waals surface area contributed by atoms with Gasteiger partial charge < -0.3 is 15.9 Å². The molecule has 0 aliphatic heterocycles. The minimum Gasteiger partial charge on any atom is -0.389 e. The van der Waals surface area contributed by atoms with Crippen LogP contribution in [0.25, 0.3) is 0 Å². The molecule has 1 rings (SSSR count). The molecule has 80 valence electrons. The number of nitrogens with two attached hydrogens (primary N) is 1. The van der Waals surface area contributed by atoms with Crippen LogP contribution in [-0.4, -0.2) is 32.6 Å². The van der Waals surface area contributed by atoms with E-state index in [2.05, 4.69) is 5.10 Å². The van der Waals surface area contributed by atoms with Gasteiger partial charge >= 0.3 is 0 Å². The van der Waals surface area contributed by atoms with Crippen molar-refractivity contribution in [2.75, 3.05) is 6.54 Å². The maximum absolute atomic E-state index is 9.78. The monoisotopic (exact) mass is 199 g/mol. The van der Waals surface area contributed by atoms with E-state index in [-0.39, 0.29) is 6.54 Å². The Labute approximate surface area is 83.2 Å². The van der Waals surface area contributed by atoms with Crippen molar-refractivity contribution in [3.63, 3.8) is 0 Å². The summed E-state index contributed by atoms with van der Waals surface area (Å²) < 4.78 is 1.68. The van der Waals surface area contributed by atoms with Crippen molar-refractivity contribution < 1.29 is 10.2 Å². The molecule has 0 amide bonds. The SMILES string of the molecule is Cc1nn(C)c(C)c1C(O)C(O)CN. The van der Waals surface area contributed by atoms with Crippen LogP contribution in [0.3, 0.4) is 0 Å². The number of hydrogen-bond donors (Lipinski definition) is 3. The molecule has 14 heavy (non-hydrogen) atoms. The van der Waals surface area contributed by atoms with E-state index >= 15 is 0 Å². The first kappa shape index (κ1) is 11.2. The van der Waals surface area contributed by atoms with Crippen LogP contribution in [0.4, 0.5) is 0 Å². The first-order valence-corrected chi connectivity index (χ1v) is 4.55. The highest BCUT2D eigenvalue weighted by atomic mass is 16.3. The van der Waals surface area contributed by atoms with Gasteiger partial charge in [-0.05, 0) is 13.8 Å². The summed E-state index contributed by atoms with van der Waals surface area (Å²) in [6, 6.07) is 0. The number of aliphatic hydroxyl groups is 2. The highest BCUT2D eigenvalue weighted by molar-refractivity contribution is 5.27. The van der Waals surface area contributed by atoms with Gasteiger partial charge in [0, 0.05) is 24.8 Å². The quantitative estimate of drug-likeness (QED) is 0.606. The first-order valence-electron chi connectivity index (χ1n) is 4.55. The van der Waals surface area contributed by atoms with Crippen LogP contribution in [0.2, 0.25) is 0 Å². The van der Waals surface area contributed by atoms with Crippen LogP contribution in [-0.2, 0) is 7.05 Å². The van der Waals surface area contributed by atoms with Crippen LogP contribution in [0, 0.1) is 13.8 Å². The molecule has 2 atom stereocenters. The average molecular weight is 199 g/mol. The summed E-state index contributed by atoms with van der Waals surface area (Å²) >= 11 is 0. The zero-order chi connectivity index (χ0) is 10.9. The molecule has 0 fully saturated rings. The highest BCUT2D eigenvalue weighted by Crippen LogP contribution is 2.23. The summed E-state index contributed by atoms with van der Waals surface area (Å²) in [6.45, 7) is 3.69. The topological polar surface area (TPSA) is 84.3 Å². The molecule has 0 aliphatic rings. The van der Waals surface area contributed by atoms with Crippen molar-refractivity contribution in [3.05, 3.63) is 17.0 Å². The minimum absolute atomic E-state index is 0.0366. The van der Waals surface area contributed by atoms with E-state index in [1.54, 1.807) is 18.7 Å². The summed E-state index contributed by atoms with van der Waals surface area (Å²) in [5.74, 6) is 0. The fourth-order valence-electron chi connectivity index (χ4n) is 1.54. The Morgan fingerprint density at radius 3 is 2.36 bits per heavy atom. The molecule has 0 spiro atoms. The molecule has 0 saturated carbocycles. The molecule has 0 radical (unpaired) electrons. The zero-order valence-electron chi connectivity index (χ0n) is 8.73. The van der Waals surface area contributed by atoms with E-state index in [0.717, 1.165) is 11.4 Å². The third-order valence-corrected chi connectivity index (χ3v) is 2.47. The Kier molecular flexibility index (Phi) is 3.25. The summed E-state index contributed by atoms with van der Waals surface area (Å²) in [7, 11) is 1.80. The van der Waals surface area contributed by atoms with Gasteiger partial charge in [0.05, 0.1) is 11.8 Å². The largest absolute Gasteiger partial charge is 0.389 e. The lowest BCUT2D eigenvalue weighted by Crippen LogP contribution is -2.27. The Morgan fingerprint density at radius 2 is 2.00 bits per heavy atom. The van der Waals surface area contributed by atoms with E-state index in [4.69, 9.17) is 5.73 Å². The fourth-order valence-corrected chi connectivity index (χ4v) is 1.54. The number of aliphatic hydroxyl groups excluding tert-OH is 2. The molecule has 1 heterocycles. The lowest BCUT2D eigenvalue weighted by atomic mass is 10.0. The molecule has 4 N–H and O–H groups in total. The Balaban J connectivity index is 3.05. The van der Waals surface area contributed by atoms with Crippen LogP contribution in [0.15, 0.2) is 0 Å². The molecule has 1 aromatic rings. The van der Waals surface area contributed by atoms with Gasteiger partial charge in [-0.1, -0.05) is 0 Å². The van der Waals surface area contributed by atoms with E-state index in [1.807, 2.05) is 6.92 Å². The number of rotatable bonds is 3. The third kappa shape index (κ3) is 1.79. The fraction of sp³-hybridized carbons (Fsp3) is 0.667. The average Bonchev–Trinajstić information content (AvgIpc) is 2.39. The van der Waals surface area contributed by atoms with Crippen LogP contribution < -0.4 is 5.73 Å². The predicted octanol–water partition coefficient (Wildman–Crippen LogP) is -0.610. The summed E-state index contributed by atoms with van der Waals surface area (Å²) in [5.41, 5.74) is 7.53. The van der Waals surface area contributed by atoms with Crippen molar-refractivity contribution in [2.24, 2.45) is 12.8 Å². The molecule has 5 nitrogen and oxygen atoms in total. The lowest BCUT2D eigenvalue weighted by Gasteiger charge is -2.16. The van der Waals surface area contributed by atoms with Gasteiger partial charge in [0.2, 0.25) is 0 Å². The molecule has 2 unspecified atom stereocenters. The van der Waals surface area contributed by atoms with Crippen molar-refractivity contribution in [1.82, 2.24) is 9.78 Å². The molecular weight excluding hydrogens is 182 g/mol. The standard InChI is InChI=1S/C9H17N3O2/c1-5-8(6(2)12(3)11-5)9(14)7(13)4-10/h7,9,13-14H,4,10H2,1-3H3. The zero-order valence-corrected chi connectivity index (χ0v) is 8.73. The van der Waals surface area contributed by atoms with E-state index in [1.165, 1.54) is 0 Å². The Morgan fingerprint density at radius 1 is 1.43 bits per heavy atom. The summed E-state index contributed by atoms with van der Waals surface area (Å²) in [5, 5.41) is 23.4. The Bertz CT molecular complexity index is 322. The van der Waals surface area contributed by atoms with Gasteiger partial charge in [-0.2, -0.15) is 5.10 Å². The Hall–Kier alpha value is -0.910. The van der Waals surface area contributed by atoms with Gasteiger partial charge in [0.15, 0.2) is 0 Å². The predicted molar refractivity (Wildman–Crippen MR) is 52.7 cm³/mol. The van der Waals surface area contributed by atoms with Crippen LogP contribution >= 0.6 is 0 Å². The third-order valence-electron chi connectivity index (χ3n) is 2.47. The normalized spacial score (nSPS) is 15.6. The second kappa shape index (κ2) is 4.08. The summed E-state index contributed by atoms with van der Waals surface area (Å²) in [6.07, 6.45) is -1.88. The maximum atomic E-state index is 9.78. The smallest absolute Gasteiger partial charge is 0.110 e. The van der Waals surface area contributed by atoms with E-state index < -0.39 is 12.2 Å². The van der Waals surface area contributed by atoms with Gasteiger partial charge in [-0.15, -0.1) is 0 Å². The molecule has 0 aromatic carbocycles. The minimum atomic E-state index is -0.950. The maximum Gasteiger partial charge on any atom is 0.110 e. The second-order valence-electron chi connectivity index (χ2n) is 3.46. The second-order valence-corrected chi connectivity index (χ2v) is 3.46. The molecule has 1 aromatic heterocycles. The van der Waals surface area contributed by atoms with E-state index in [9.17, 15) is 10.2 Å². The number of aromatic nitrogens is 2. The van der Waals surface area contributed by atoms with Crippen molar-refractivity contribution in [3.8, 4) is 0 Å². The molecule has 0 aliphatic carbocycles. The number of nitrogens with zero attached hydrogens (tertiary/aromatic N) is 2. The number of hydrogen-bond acceptors (Lipinski definition) is 4. The van der Waals surface area contributed by atoms with Gasteiger partial charge in [-0.25, -0.2) is 0 Å². The van der Waals surface area contributed by atoms with Crippen molar-refractivity contribution in [1.29, 1.82) is 0 Å². The lowest BCUT2D eigenvalue weighted by molar-refractivity contribution is 0.0235. The van der Waals surface area contributed by atoms with Gasteiger partial charge in [0.25, 0.3) is 0 Å². The van der Waals surface area contributed by atoms with Crippen LogP contribution in [0.5, 0.6) is 0 Å². The van der Waals surface area contributed by atoms with Crippen molar-refractivity contribution >= 4 is 0 Å². The molecule has 5 heteroatoms. The molecular formula is C9H17N3O2. The highest BCUT2D eigenvalue weighted by Gasteiger charge is 2.23. The number of aryl methyl sites for hydroxylation is 2. The van der Waals surface area contributed by atoms with Gasteiger partial charge in [-0.3, -0.25) is 4.68 Å².